The number of aromatic amines is 1. The van der Waals surface area contributed by atoms with Gasteiger partial charge in [-0.1, -0.05) is 0 Å². The number of fused-ring (bicyclic) bond motifs is 2. The van der Waals surface area contributed by atoms with Crippen molar-refractivity contribution in [3.05, 3.63) is 29.3 Å². The Bertz CT molecular complexity index is 1700. The van der Waals surface area contributed by atoms with Crippen LogP contribution in [0.2, 0.25) is 0 Å². The quantitative estimate of drug-likeness (QED) is 0.126. The van der Waals surface area contributed by atoms with Crippen molar-refractivity contribution >= 4 is 41.9 Å². The summed E-state index contributed by atoms with van der Waals surface area (Å²) in [7, 11) is -4.90. The molecule has 2 fully saturated rings. The first-order valence-electron chi connectivity index (χ1n) is 12.1. The van der Waals surface area contributed by atoms with E-state index in [-0.39, 0.29) is 40.5 Å². The molecule has 220 valence electrons. The van der Waals surface area contributed by atoms with Crippen LogP contribution < -0.4 is 17.0 Å². The second-order valence-electron chi connectivity index (χ2n) is 9.33. The van der Waals surface area contributed by atoms with Gasteiger partial charge in [0.05, 0.1) is 32.0 Å². The van der Waals surface area contributed by atoms with Crippen LogP contribution in [0.15, 0.2) is 23.8 Å². The first-order valence-corrected chi connectivity index (χ1v) is 13.6. The van der Waals surface area contributed by atoms with E-state index in [1.165, 1.54) is 21.8 Å². The molecule has 8 N–H and O–H groups in total. The molecule has 0 spiro atoms. The van der Waals surface area contributed by atoms with Gasteiger partial charge in [-0.15, -0.1) is 0 Å². The summed E-state index contributed by atoms with van der Waals surface area (Å²) in [5, 5.41) is 20.1. The zero-order chi connectivity index (χ0) is 29.1. The first-order chi connectivity index (χ1) is 19.6. The van der Waals surface area contributed by atoms with Gasteiger partial charge in [-0.3, -0.25) is 28.0 Å². The summed E-state index contributed by atoms with van der Waals surface area (Å²) in [5.41, 5.74) is 11.1. The number of halogens is 1. The summed E-state index contributed by atoms with van der Waals surface area (Å²) >= 11 is 0. The van der Waals surface area contributed by atoms with Crippen molar-refractivity contribution in [3.63, 3.8) is 0 Å². The van der Waals surface area contributed by atoms with Crippen LogP contribution in [0.1, 0.15) is 18.9 Å². The first kappa shape index (κ1) is 27.5. The number of anilines is 2. The maximum absolute atomic E-state index is 15.0. The van der Waals surface area contributed by atoms with E-state index in [1.807, 2.05) is 0 Å². The maximum atomic E-state index is 15.0. The van der Waals surface area contributed by atoms with E-state index in [0.717, 1.165) is 6.33 Å². The Labute approximate surface area is 227 Å². The number of aliphatic hydroxyl groups excluding tert-OH is 2. The molecule has 4 unspecified atom stereocenters. The van der Waals surface area contributed by atoms with Crippen LogP contribution in [-0.2, 0) is 23.1 Å². The van der Waals surface area contributed by atoms with Gasteiger partial charge in [0.2, 0.25) is 5.95 Å². The third-order valence-corrected chi connectivity index (χ3v) is 7.71. The molecule has 0 bridgehead atoms. The molecule has 2 saturated heterocycles. The molecule has 0 saturated carbocycles. The second kappa shape index (κ2) is 10.3. The largest absolute Gasteiger partial charge is 0.472 e. The number of imidazole rings is 2. The van der Waals surface area contributed by atoms with Gasteiger partial charge in [0.25, 0.3) is 5.56 Å². The molecule has 8 atom stereocenters. The normalized spacial score (nSPS) is 29.9. The summed E-state index contributed by atoms with van der Waals surface area (Å²) in [6.07, 6.45) is -6.13. The Balaban J connectivity index is 1.16. The molecule has 0 radical (unpaired) electrons. The van der Waals surface area contributed by atoms with Crippen LogP contribution in [0.4, 0.5) is 16.2 Å². The zero-order valence-corrected chi connectivity index (χ0v) is 21.7. The number of phosphoric ester groups is 1. The summed E-state index contributed by atoms with van der Waals surface area (Å²) in [6.45, 7) is -1.19. The fraction of sp³-hybridized carbons (Fsp3) is 0.500. The molecule has 4 aromatic rings. The van der Waals surface area contributed by atoms with E-state index in [9.17, 15) is 24.5 Å². The molecule has 6 rings (SSSR count). The smallest absolute Gasteiger partial charge is 0.394 e. The Morgan fingerprint density at radius 2 is 1.85 bits per heavy atom. The summed E-state index contributed by atoms with van der Waals surface area (Å²) in [4.78, 5) is 44.8. The van der Waals surface area contributed by atoms with Crippen LogP contribution in [-0.4, -0.2) is 97.9 Å². The van der Waals surface area contributed by atoms with Crippen molar-refractivity contribution < 1.29 is 42.6 Å². The van der Waals surface area contributed by atoms with E-state index in [2.05, 4.69) is 29.9 Å². The van der Waals surface area contributed by atoms with Gasteiger partial charge in [0, 0.05) is 6.42 Å². The molecule has 0 amide bonds. The standard InChI is InChI=1S/C20H24FN10O9P/c21-10-13(33)9(39-19(10)30-5-26-11-14(22)24-4-25-15(11)30)3-37-41(35,36)40-8-1-7(2-32)38-18(8)31-6-27-12-16(31)28-20(23)29-17(12)34/h4-10,13,18-19,32-33H,1-3H2,(H,35,36)(H2,22,24,25)(H3,23,28,29,34)/t7-,8?,9+,10?,13?,18+,19+/m0/s1. The van der Waals surface area contributed by atoms with Gasteiger partial charge in [-0.2, -0.15) is 4.98 Å². The van der Waals surface area contributed by atoms with Crippen molar-refractivity contribution in [2.45, 2.75) is 49.5 Å². The summed E-state index contributed by atoms with van der Waals surface area (Å²) in [5.74, 6) is -0.137. The number of aliphatic hydroxyl groups is 2. The minimum absolute atomic E-state index is 0.0127. The number of ether oxygens (including phenoxy) is 2. The predicted molar refractivity (Wildman–Crippen MR) is 133 cm³/mol. The number of hydrogen-bond acceptors (Lipinski definition) is 15. The average Bonchev–Trinajstić information content (AvgIpc) is 3.69. The molecular weight excluding hydrogens is 574 g/mol. The highest BCUT2D eigenvalue weighted by atomic mass is 31.2. The third kappa shape index (κ3) is 4.93. The van der Waals surface area contributed by atoms with Crippen molar-refractivity contribution in [1.29, 1.82) is 0 Å². The highest BCUT2D eigenvalue weighted by Crippen LogP contribution is 2.50. The number of hydrogen-bond donors (Lipinski definition) is 6. The van der Waals surface area contributed by atoms with Gasteiger partial charge in [0.15, 0.2) is 41.3 Å². The number of alkyl halides is 1. The van der Waals surface area contributed by atoms with Crippen LogP contribution in [0, 0.1) is 0 Å². The van der Waals surface area contributed by atoms with Gasteiger partial charge in [-0.05, 0) is 0 Å². The molecule has 6 heterocycles. The minimum atomic E-state index is -4.90. The topological polar surface area (TPSA) is 274 Å². The molecule has 2 aliphatic heterocycles. The van der Waals surface area contributed by atoms with Crippen molar-refractivity contribution in [2.24, 2.45) is 0 Å². The Kier molecular flexibility index (Phi) is 6.94. The van der Waals surface area contributed by atoms with E-state index < -0.39 is 69.6 Å². The molecular formula is C20H24FN10O9P. The number of H-pyrrole nitrogens is 1. The molecule has 21 heteroatoms. The van der Waals surface area contributed by atoms with Crippen molar-refractivity contribution in [2.75, 3.05) is 24.7 Å². The lowest BCUT2D eigenvalue weighted by atomic mass is 10.1. The molecule has 2 aliphatic rings. The summed E-state index contributed by atoms with van der Waals surface area (Å²) in [6, 6.07) is 0. The Hall–Kier alpha value is -3.62. The van der Waals surface area contributed by atoms with E-state index in [1.54, 1.807) is 0 Å². The Morgan fingerprint density at radius 1 is 1.12 bits per heavy atom. The van der Waals surface area contributed by atoms with Crippen molar-refractivity contribution in [1.82, 2.24) is 39.0 Å². The van der Waals surface area contributed by atoms with E-state index in [0.29, 0.717) is 0 Å². The predicted octanol–water partition coefficient (Wildman–Crippen LogP) is -1.50. The van der Waals surface area contributed by atoms with Crippen molar-refractivity contribution in [3.8, 4) is 0 Å². The van der Waals surface area contributed by atoms with Crippen LogP contribution in [0.25, 0.3) is 22.3 Å². The summed E-state index contributed by atoms with van der Waals surface area (Å²) < 4.78 is 52.2. The highest BCUT2D eigenvalue weighted by molar-refractivity contribution is 7.47. The van der Waals surface area contributed by atoms with Crippen LogP contribution >= 0.6 is 7.82 Å². The van der Waals surface area contributed by atoms with Gasteiger partial charge >= 0.3 is 7.82 Å². The SMILES string of the molecule is Nc1nc2c(ncn2[C@@H]2O[C@H](CO)CC2OP(=O)(O)OC[C@H]2O[C@@H](n3cnc4c(N)ncnc43)C(F)C2O)c(=O)[nH]1. The second-order valence-corrected chi connectivity index (χ2v) is 10.7. The Morgan fingerprint density at radius 3 is 2.61 bits per heavy atom. The number of phosphoric acid groups is 1. The van der Waals surface area contributed by atoms with E-state index >= 15 is 4.39 Å². The number of nitrogens with zero attached hydrogens (tertiary/aromatic N) is 7. The van der Waals surface area contributed by atoms with Gasteiger partial charge in [0.1, 0.15) is 30.2 Å². The molecule has 4 aromatic heterocycles. The molecule has 0 aromatic carbocycles. The number of nitrogens with one attached hydrogen (secondary N) is 1. The average molecular weight is 598 g/mol. The van der Waals surface area contributed by atoms with Gasteiger partial charge in [-0.25, -0.2) is 28.9 Å². The molecule has 19 nitrogen and oxygen atoms in total. The highest BCUT2D eigenvalue weighted by Gasteiger charge is 2.48. The van der Waals surface area contributed by atoms with E-state index in [4.69, 9.17) is 30.0 Å². The van der Waals surface area contributed by atoms with Crippen LogP contribution in [0.5, 0.6) is 0 Å². The fourth-order valence-electron chi connectivity index (χ4n) is 4.79. The molecule has 0 aliphatic carbocycles. The fourth-order valence-corrected chi connectivity index (χ4v) is 5.72. The van der Waals surface area contributed by atoms with Gasteiger partial charge < -0.3 is 36.0 Å². The lowest BCUT2D eigenvalue weighted by Gasteiger charge is -2.23. The third-order valence-electron chi connectivity index (χ3n) is 6.70. The van der Waals surface area contributed by atoms with Crippen LogP contribution in [0.3, 0.4) is 0 Å². The monoisotopic (exact) mass is 598 g/mol. The lowest BCUT2D eigenvalue weighted by molar-refractivity contribution is -0.0600. The molecule has 41 heavy (non-hydrogen) atoms. The maximum Gasteiger partial charge on any atom is 0.472 e. The number of nitrogen functional groups attached to an aromatic ring is 2. The number of aromatic nitrogens is 8. The minimum Gasteiger partial charge on any atom is -0.394 e. The zero-order valence-electron chi connectivity index (χ0n) is 20.8. The lowest BCUT2D eigenvalue weighted by Crippen LogP contribution is -2.31. The number of rotatable bonds is 8. The number of nitrogens with two attached hydrogens (primary N) is 2.